The molecular weight excluding hydrogens is 306 g/mol. The SMILES string of the molecule is Cc1cc(C)n(CC(=O)NNC(=O)Cn2c(C)csc2=O)n1. The maximum atomic E-state index is 11.8. The van der Waals surface area contributed by atoms with E-state index in [0.29, 0.717) is 5.69 Å². The number of aromatic nitrogens is 3. The summed E-state index contributed by atoms with van der Waals surface area (Å²) in [5.41, 5.74) is 6.98. The second kappa shape index (κ2) is 6.56. The van der Waals surface area contributed by atoms with E-state index in [1.54, 1.807) is 17.0 Å². The van der Waals surface area contributed by atoms with Crippen molar-refractivity contribution in [3.63, 3.8) is 0 Å². The number of carbonyl (C=O) groups excluding carboxylic acids is 2. The van der Waals surface area contributed by atoms with Crippen molar-refractivity contribution in [1.29, 1.82) is 0 Å². The normalized spacial score (nSPS) is 10.5. The van der Waals surface area contributed by atoms with Crippen LogP contribution in [-0.2, 0) is 22.7 Å². The third-order valence-electron chi connectivity index (χ3n) is 3.02. The Morgan fingerprint density at radius 1 is 1.14 bits per heavy atom. The Balaban J connectivity index is 1.85. The van der Waals surface area contributed by atoms with E-state index in [4.69, 9.17) is 0 Å². The van der Waals surface area contributed by atoms with Crippen LogP contribution in [0.4, 0.5) is 0 Å². The minimum atomic E-state index is -0.467. The first-order chi connectivity index (χ1) is 10.4. The molecule has 0 unspecified atom stereocenters. The van der Waals surface area contributed by atoms with Gasteiger partial charge >= 0.3 is 4.87 Å². The highest BCUT2D eigenvalue weighted by molar-refractivity contribution is 7.07. The van der Waals surface area contributed by atoms with Gasteiger partial charge in [-0.05, 0) is 26.8 Å². The Morgan fingerprint density at radius 2 is 1.77 bits per heavy atom. The second-order valence-electron chi connectivity index (χ2n) is 4.91. The molecule has 2 aromatic rings. The average Bonchev–Trinajstić information content (AvgIpc) is 2.92. The lowest BCUT2D eigenvalue weighted by molar-refractivity contribution is -0.129. The number of hydrogen-bond acceptors (Lipinski definition) is 5. The lowest BCUT2D eigenvalue weighted by atomic mass is 10.4. The molecule has 2 heterocycles. The lowest BCUT2D eigenvalue weighted by Gasteiger charge is -2.09. The van der Waals surface area contributed by atoms with Gasteiger partial charge in [0, 0.05) is 16.8 Å². The van der Waals surface area contributed by atoms with Gasteiger partial charge in [-0.3, -0.25) is 34.5 Å². The molecule has 9 heteroatoms. The number of rotatable bonds is 4. The van der Waals surface area contributed by atoms with Gasteiger partial charge in [-0.1, -0.05) is 11.3 Å². The van der Waals surface area contributed by atoms with Gasteiger partial charge in [0.2, 0.25) is 0 Å². The van der Waals surface area contributed by atoms with E-state index in [-0.39, 0.29) is 18.0 Å². The summed E-state index contributed by atoms with van der Waals surface area (Å²) >= 11 is 1.03. The molecule has 8 nitrogen and oxygen atoms in total. The quantitative estimate of drug-likeness (QED) is 0.766. The van der Waals surface area contributed by atoms with Crippen molar-refractivity contribution in [1.82, 2.24) is 25.2 Å². The number of hydrogen-bond donors (Lipinski definition) is 2. The summed E-state index contributed by atoms with van der Waals surface area (Å²) in [6, 6.07) is 1.86. The first-order valence-electron chi connectivity index (χ1n) is 6.60. The maximum Gasteiger partial charge on any atom is 0.307 e. The van der Waals surface area contributed by atoms with Gasteiger partial charge in [0.15, 0.2) is 0 Å². The average molecular weight is 323 g/mol. The Labute approximate surface area is 130 Å². The molecule has 0 fully saturated rings. The lowest BCUT2D eigenvalue weighted by Crippen LogP contribution is -2.45. The van der Waals surface area contributed by atoms with Crippen LogP contribution < -0.4 is 15.7 Å². The van der Waals surface area contributed by atoms with Gasteiger partial charge in [-0.25, -0.2) is 0 Å². The molecule has 2 rings (SSSR count). The van der Waals surface area contributed by atoms with E-state index < -0.39 is 11.8 Å². The fourth-order valence-corrected chi connectivity index (χ4v) is 2.66. The molecule has 0 atom stereocenters. The molecule has 0 aliphatic carbocycles. The zero-order valence-electron chi connectivity index (χ0n) is 12.5. The summed E-state index contributed by atoms with van der Waals surface area (Å²) in [5, 5.41) is 5.84. The van der Waals surface area contributed by atoms with E-state index in [9.17, 15) is 14.4 Å². The van der Waals surface area contributed by atoms with Crippen molar-refractivity contribution in [2.24, 2.45) is 0 Å². The standard InChI is InChI=1S/C13H17N5O3S/c1-8-4-9(2)18(16-8)6-12(20)15-14-11(19)5-17-10(3)7-22-13(17)21/h4,7H,5-6H2,1-3H3,(H,14,19)(H,15,20). The van der Waals surface area contributed by atoms with Gasteiger partial charge in [-0.2, -0.15) is 5.10 Å². The summed E-state index contributed by atoms with van der Waals surface area (Å²) in [6.45, 7) is 5.31. The van der Waals surface area contributed by atoms with Crippen molar-refractivity contribution < 1.29 is 9.59 Å². The topological polar surface area (TPSA) is 98.0 Å². The van der Waals surface area contributed by atoms with Gasteiger partial charge in [0.25, 0.3) is 11.8 Å². The van der Waals surface area contributed by atoms with E-state index in [0.717, 1.165) is 22.7 Å². The third-order valence-corrected chi connectivity index (χ3v) is 3.90. The van der Waals surface area contributed by atoms with Gasteiger partial charge in [0.05, 0.1) is 5.69 Å². The van der Waals surface area contributed by atoms with E-state index in [1.807, 2.05) is 19.9 Å². The minimum absolute atomic E-state index is 0.0113. The number of carbonyl (C=O) groups is 2. The largest absolute Gasteiger partial charge is 0.307 e. The molecule has 0 saturated heterocycles. The van der Waals surface area contributed by atoms with Crippen LogP contribution in [0.3, 0.4) is 0 Å². The Kier molecular flexibility index (Phi) is 4.76. The molecular formula is C13H17N5O3S. The first kappa shape index (κ1) is 16.0. The van der Waals surface area contributed by atoms with E-state index in [1.165, 1.54) is 4.57 Å². The smallest absolute Gasteiger partial charge is 0.294 e. The molecule has 0 bridgehead atoms. The molecule has 22 heavy (non-hydrogen) atoms. The Morgan fingerprint density at radius 3 is 2.27 bits per heavy atom. The predicted molar refractivity (Wildman–Crippen MR) is 81.3 cm³/mol. The Hall–Kier alpha value is -2.42. The molecule has 0 aliphatic rings. The minimum Gasteiger partial charge on any atom is -0.294 e. The van der Waals surface area contributed by atoms with Crippen LogP contribution in [0.5, 0.6) is 0 Å². The van der Waals surface area contributed by atoms with Crippen LogP contribution >= 0.6 is 11.3 Å². The predicted octanol–water partition coefficient (Wildman–Crippen LogP) is -0.121. The van der Waals surface area contributed by atoms with Crippen molar-refractivity contribution >= 4 is 23.2 Å². The van der Waals surface area contributed by atoms with E-state index >= 15 is 0 Å². The summed E-state index contributed by atoms with van der Waals surface area (Å²) in [6.07, 6.45) is 0. The molecule has 2 amide bonds. The summed E-state index contributed by atoms with van der Waals surface area (Å²) in [4.78, 5) is 34.8. The Bertz CT molecular complexity index is 758. The summed E-state index contributed by atoms with van der Waals surface area (Å²) in [7, 11) is 0. The van der Waals surface area contributed by atoms with Crippen LogP contribution in [0.15, 0.2) is 16.2 Å². The van der Waals surface area contributed by atoms with Crippen LogP contribution in [0, 0.1) is 20.8 Å². The number of aryl methyl sites for hydroxylation is 3. The number of nitrogens with one attached hydrogen (secondary N) is 2. The van der Waals surface area contributed by atoms with Crippen LogP contribution in [-0.4, -0.2) is 26.2 Å². The number of nitrogens with zero attached hydrogens (tertiary/aromatic N) is 3. The zero-order chi connectivity index (χ0) is 16.3. The highest BCUT2D eigenvalue weighted by Gasteiger charge is 2.11. The molecule has 2 N–H and O–H groups in total. The van der Waals surface area contributed by atoms with Crippen LogP contribution in [0.1, 0.15) is 17.1 Å². The first-order valence-corrected chi connectivity index (χ1v) is 7.48. The fourth-order valence-electron chi connectivity index (χ4n) is 1.93. The molecule has 2 aromatic heterocycles. The van der Waals surface area contributed by atoms with Crippen molar-refractivity contribution in [3.05, 3.63) is 38.2 Å². The van der Waals surface area contributed by atoms with Crippen molar-refractivity contribution in [2.75, 3.05) is 0 Å². The third kappa shape index (κ3) is 3.82. The van der Waals surface area contributed by atoms with Crippen molar-refractivity contribution in [3.8, 4) is 0 Å². The fraction of sp³-hybridized carbons (Fsp3) is 0.385. The molecule has 0 aliphatic heterocycles. The highest BCUT2D eigenvalue weighted by atomic mass is 32.1. The monoisotopic (exact) mass is 323 g/mol. The summed E-state index contributed by atoms with van der Waals surface area (Å²) in [5.74, 6) is -0.862. The zero-order valence-corrected chi connectivity index (χ0v) is 13.4. The molecule has 0 spiro atoms. The van der Waals surface area contributed by atoms with Crippen molar-refractivity contribution in [2.45, 2.75) is 33.9 Å². The molecule has 0 aromatic carbocycles. The number of thiazole rings is 1. The molecule has 118 valence electrons. The number of amides is 2. The maximum absolute atomic E-state index is 11.8. The molecule has 0 radical (unpaired) electrons. The summed E-state index contributed by atoms with van der Waals surface area (Å²) < 4.78 is 2.89. The van der Waals surface area contributed by atoms with E-state index in [2.05, 4.69) is 16.0 Å². The van der Waals surface area contributed by atoms with Crippen LogP contribution in [0.25, 0.3) is 0 Å². The molecule has 0 saturated carbocycles. The van der Waals surface area contributed by atoms with Gasteiger partial charge in [-0.15, -0.1) is 0 Å². The van der Waals surface area contributed by atoms with Crippen LogP contribution in [0.2, 0.25) is 0 Å². The van der Waals surface area contributed by atoms with Gasteiger partial charge < -0.3 is 0 Å². The second-order valence-corrected chi connectivity index (χ2v) is 5.73. The van der Waals surface area contributed by atoms with Gasteiger partial charge in [0.1, 0.15) is 13.1 Å². The number of hydrazine groups is 1. The highest BCUT2D eigenvalue weighted by Crippen LogP contribution is 2.01.